The summed E-state index contributed by atoms with van der Waals surface area (Å²) >= 11 is 0. The van der Waals surface area contributed by atoms with Gasteiger partial charge in [0.25, 0.3) is 5.91 Å². The van der Waals surface area contributed by atoms with Crippen molar-refractivity contribution in [2.24, 2.45) is 0 Å². The second kappa shape index (κ2) is 5.72. The normalized spacial score (nSPS) is 14.6. The molecule has 134 valence electrons. The summed E-state index contributed by atoms with van der Waals surface area (Å²) in [4.78, 5) is 16.7. The highest BCUT2D eigenvalue weighted by Gasteiger charge is 2.38. The lowest BCUT2D eigenvalue weighted by Crippen LogP contribution is -2.16. The van der Waals surface area contributed by atoms with Crippen LogP contribution in [0.15, 0.2) is 36.5 Å². The van der Waals surface area contributed by atoms with Crippen LogP contribution in [0.3, 0.4) is 0 Å². The van der Waals surface area contributed by atoms with Crippen molar-refractivity contribution in [3.05, 3.63) is 53.5 Å². The molecule has 26 heavy (non-hydrogen) atoms. The number of carbonyl (C=O) groups excluding carboxylic acids is 1. The van der Waals surface area contributed by atoms with E-state index >= 15 is 0 Å². The molecule has 1 saturated carbocycles. The molecule has 0 spiro atoms. The van der Waals surface area contributed by atoms with Crippen LogP contribution in [0.4, 0.5) is 18.9 Å². The first-order valence-electron chi connectivity index (χ1n) is 7.90. The summed E-state index contributed by atoms with van der Waals surface area (Å²) < 4.78 is 40.7. The van der Waals surface area contributed by atoms with Gasteiger partial charge in [0.2, 0.25) is 0 Å². The number of fused-ring (bicyclic) bond motifs is 1. The molecule has 1 aliphatic carbocycles. The largest absolute Gasteiger partial charge is 0.506 e. The van der Waals surface area contributed by atoms with E-state index in [0.717, 1.165) is 25.1 Å². The average molecular weight is 362 g/mol. The number of anilines is 1. The molecule has 2 N–H and O–H groups in total. The molecule has 2 heterocycles. The topological polar surface area (TPSA) is 79.5 Å². The fourth-order valence-corrected chi connectivity index (χ4v) is 2.70. The number of aromatic nitrogens is 3. The van der Waals surface area contributed by atoms with Crippen LogP contribution in [0.1, 0.15) is 40.5 Å². The van der Waals surface area contributed by atoms with Crippen LogP contribution < -0.4 is 5.32 Å². The standard InChI is InChI=1S/C17H13F3N4O2/c18-17(19,20)14-7-12(9-5-6-9)22-15-10(8-21-24(14)15)16(26)23-11-3-1-2-4-13(11)25/h1-4,7-9,25H,5-6H2,(H,23,26). The monoisotopic (exact) mass is 362 g/mol. The van der Waals surface area contributed by atoms with Gasteiger partial charge in [-0.15, -0.1) is 0 Å². The van der Waals surface area contributed by atoms with E-state index in [2.05, 4.69) is 15.4 Å². The Hall–Kier alpha value is -3.10. The van der Waals surface area contributed by atoms with Crippen LogP contribution in [0.25, 0.3) is 5.65 Å². The molecular weight excluding hydrogens is 349 g/mol. The molecule has 1 aliphatic rings. The van der Waals surface area contributed by atoms with Gasteiger partial charge in [-0.1, -0.05) is 12.1 Å². The number of benzene rings is 1. The van der Waals surface area contributed by atoms with Crippen molar-refractivity contribution in [3.8, 4) is 5.75 Å². The molecular formula is C17H13F3N4O2. The molecule has 6 nitrogen and oxygen atoms in total. The SMILES string of the molecule is O=C(Nc1ccccc1O)c1cnn2c(C(F)(F)F)cc(C3CC3)nc12. The number of hydrogen-bond acceptors (Lipinski definition) is 4. The molecule has 0 unspecified atom stereocenters. The number of rotatable bonds is 3. The molecule has 1 amide bonds. The summed E-state index contributed by atoms with van der Waals surface area (Å²) in [5, 5.41) is 15.9. The van der Waals surface area contributed by atoms with E-state index in [1.54, 1.807) is 12.1 Å². The molecule has 4 rings (SSSR count). The fraction of sp³-hybridized carbons (Fsp3) is 0.235. The van der Waals surface area contributed by atoms with E-state index in [1.165, 1.54) is 12.1 Å². The maximum atomic E-state index is 13.4. The first-order chi connectivity index (χ1) is 12.3. The van der Waals surface area contributed by atoms with E-state index < -0.39 is 17.8 Å². The van der Waals surface area contributed by atoms with Crippen LogP contribution >= 0.6 is 0 Å². The molecule has 0 saturated heterocycles. The van der Waals surface area contributed by atoms with E-state index in [-0.39, 0.29) is 28.6 Å². The third-order valence-corrected chi connectivity index (χ3v) is 4.17. The first-order valence-corrected chi connectivity index (χ1v) is 7.90. The Kier molecular flexibility index (Phi) is 3.60. The van der Waals surface area contributed by atoms with E-state index in [9.17, 15) is 23.1 Å². The van der Waals surface area contributed by atoms with Gasteiger partial charge < -0.3 is 10.4 Å². The Balaban J connectivity index is 1.79. The number of nitrogens with zero attached hydrogens (tertiary/aromatic N) is 3. The lowest BCUT2D eigenvalue weighted by Gasteiger charge is -2.11. The van der Waals surface area contributed by atoms with Gasteiger partial charge in [-0.05, 0) is 31.0 Å². The van der Waals surface area contributed by atoms with Gasteiger partial charge in [-0.2, -0.15) is 18.3 Å². The summed E-state index contributed by atoms with van der Waals surface area (Å²) in [6.45, 7) is 0. The summed E-state index contributed by atoms with van der Waals surface area (Å²) in [5.74, 6) is -0.875. The Morgan fingerprint density at radius 3 is 2.65 bits per heavy atom. The van der Waals surface area contributed by atoms with E-state index in [4.69, 9.17) is 0 Å². The zero-order valence-corrected chi connectivity index (χ0v) is 13.3. The molecule has 0 aliphatic heterocycles. The summed E-state index contributed by atoms with van der Waals surface area (Å²) in [5.41, 5.74) is -0.768. The van der Waals surface area contributed by atoms with Crippen molar-refractivity contribution in [3.63, 3.8) is 0 Å². The van der Waals surface area contributed by atoms with Crippen LogP contribution in [0.5, 0.6) is 5.75 Å². The smallest absolute Gasteiger partial charge is 0.433 e. The Bertz CT molecular complexity index is 1010. The van der Waals surface area contributed by atoms with Gasteiger partial charge in [0.15, 0.2) is 5.65 Å². The highest BCUT2D eigenvalue weighted by atomic mass is 19.4. The van der Waals surface area contributed by atoms with E-state index in [1.807, 2.05) is 0 Å². The second-order valence-corrected chi connectivity index (χ2v) is 6.10. The zero-order chi connectivity index (χ0) is 18.5. The maximum absolute atomic E-state index is 13.4. The summed E-state index contributed by atoms with van der Waals surface area (Å²) in [6, 6.07) is 7.04. The molecule has 0 radical (unpaired) electrons. The Morgan fingerprint density at radius 2 is 2.00 bits per heavy atom. The molecule has 3 aromatic rings. The quantitative estimate of drug-likeness (QED) is 0.698. The van der Waals surface area contributed by atoms with Gasteiger partial charge in [0.05, 0.1) is 11.9 Å². The molecule has 1 aromatic carbocycles. The predicted molar refractivity (Wildman–Crippen MR) is 86.0 cm³/mol. The lowest BCUT2D eigenvalue weighted by molar-refractivity contribution is -0.142. The van der Waals surface area contributed by atoms with Gasteiger partial charge in [-0.3, -0.25) is 4.79 Å². The van der Waals surface area contributed by atoms with Crippen molar-refractivity contribution < 1.29 is 23.1 Å². The number of alkyl halides is 3. The van der Waals surface area contributed by atoms with Crippen molar-refractivity contribution >= 4 is 17.2 Å². The molecule has 0 bridgehead atoms. The number of amides is 1. The zero-order valence-electron chi connectivity index (χ0n) is 13.3. The van der Waals surface area contributed by atoms with Crippen molar-refractivity contribution in [2.45, 2.75) is 24.9 Å². The molecule has 1 fully saturated rings. The maximum Gasteiger partial charge on any atom is 0.433 e. The Morgan fingerprint density at radius 1 is 1.27 bits per heavy atom. The van der Waals surface area contributed by atoms with Crippen LogP contribution in [-0.2, 0) is 6.18 Å². The minimum atomic E-state index is -4.62. The molecule has 2 aromatic heterocycles. The lowest BCUT2D eigenvalue weighted by atomic mass is 10.2. The number of aromatic hydroxyl groups is 1. The van der Waals surface area contributed by atoms with E-state index in [0.29, 0.717) is 10.2 Å². The number of phenols is 1. The Labute approximate surface area is 145 Å². The van der Waals surface area contributed by atoms with Gasteiger partial charge in [0, 0.05) is 11.6 Å². The number of nitrogens with one attached hydrogen (secondary N) is 1. The molecule has 9 heteroatoms. The van der Waals surface area contributed by atoms with Crippen LogP contribution in [-0.4, -0.2) is 25.6 Å². The average Bonchev–Trinajstić information content (AvgIpc) is 3.34. The van der Waals surface area contributed by atoms with Gasteiger partial charge >= 0.3 is 6.18 Å². The van der Waals surface area contributed by atoms with Crippen molar-refractivity contribution in [1.82, 2.24) is 14.6 Å². The highest BCUT2D eigenvalue weighted by Crippen LogP contribution is 2.41. The first kappa shape index (κ1) is 16.4. The number of para-hydroxylation sites is 2. The van der Waals surface area contributed by atoms with Crippen LogP contribution in [0, 0.1) is 0 Å². The summed E-state index contributed by atoms with van der Waals surface area (Å²) in [6.07, 6.45) is -2.03. The number of carbonyl (C=O) groups is 1. The van der Waals surface area contributed by atoms with Crippen LogP contribution in [0.2, 0.25) is 0 Å². The fourth-order valence-electron chi connectivity index (χ4n) is 2.70. The second-order valence-electron chi connectivity index (χ2n) is 6.10. The van der Waals surface area contributed by atoms with Gasteiger partial charge in [0.1, 0.15) is 17.0 Å². The highest BCUT2D eigenvalue weighted by molar-refractivity contribution is 6.08. The van der Waals surface area contributed by atoms with Gasteiger partial charge in [-0.25, -0.2) is 9.50 Å². The third kappa shape index (κ3) is 2.85. The number of halogens is 3. The predicted octanol–water partition coefficient (Wildman–Crippen LogP) is 3.58. The molecule has 0 atom stereocenters. The third-order valence-electron chi connectivity index (χ3n) is 4.17. The summed E-state index contributed by atoms with van der Waals surface area (Å²) in [7, 11) is 0. The number of hydrogen-bond donors (Lipinski definition) is 2. The number of phenolic OH excluding ortho intramolecular Hbond substituents is 1. The minimum absolute atomic E-state index is 0.0231. The van der Waals surface area contributed by atoms with Crippen molar-refractivity contribution in [1.29, 1.82) is 0 Å². The van der Waals surface area contributed by atoms with Crippen molar-refractivity contribution in [2.75, 3.05) is 5.32 Å². The minimum Gasteiger partial charge on any atom is -0.506 e.